The van der Waals surface area contributed by atoms with E-state index in [0.717, 1.165) is 37.2 Å². The zero-order valence-corrected chi connectivity index (χ0v) is 13.3. The van der Waals surface area contributed by atoms with Gasteiger partial charge >= 0.3 is 0 Å². The molecule has 0 bridgehead atoms. The Morgan fingerprint density at radius 3 is 2.86 bits per heavy atom. The van der Waals surface area contributed by atoms with Crippen molar-refractivity contribution < 1.29 is 13.2 Å². The Bertz CT molecular complexity index is 566. The van der Waals surface area contributed by atoms with Crippen LogP contribution in [0.1, 0.15) is 30.9 Å². The van der Waals surface area contributed by atoms with Crippen molar-refractivity contribution in [2.75, 3.05) is 19.8 Å². The van der Waals surface area contributed by atoms with Gasteiger partial charge in [-0.15, -0.1) is 0 Å². The maximum atomic E-state index is 12.5. The lowest BCUT2D eigenvalue weighted by atomic mass is 10.1. The summed E-state index contributed by atoms with van der Waals surface area (Å²) in [5.41, 5.74) is 7.26. The molecule has 1 fully saturated rings. The highest BCUT2D eigenvalue weighted by molar-refractivity contribution is 7.89. The SMILES string of the molecule is CCc1ccc(CN)cc1S(=O)(=O)NCCC1CCOC1. The molecule has 1 atom stereocenters. The highest BCUT2D eigenvalue weighted by Gasteiger charge is 2.20. The van der Waals surface area contributed by atoms with Crippen molar-refractivity contribution in [1.29, 1.82) is 0 Å². The van der Waals surface area contributed by atoms with Crippen LogP contribution in [0.15, 0.2) is 23.1 Å². The minimum atomic E-state index is -3.47. The number of nitrogens with one attached hydrogen (secondary N) is 1. The second-order valence-corrected chi connectivity index (χ2v) is 7.15. The summed E-state index contributed by atoms with van der Waals surface area (Å²) in [5, 5.41) is 0. The molecular formula is C15H24N2O3S. The van der Waals surface area contributed by atoms with Crippen LogP contribution < -0.4 is 10.5 Å². The van der Waals surface area contributed by atoms with Gasteiger partial charge in [-0.05, 0) is 42.4 Å². The largest absolute Gasteiger partial charge is 0.381 e. The van der Waals surface area contributed by atoms with Gasteiger partial charge in [-0.3, -0.25) is 0 Å². The first-order valence-corrected chi connectivity index (χ1v) is 8.94. The van der Waals surface area contributed by atoms with Crippen LogP contribution in [0.3, 0.4) is 0 Å². The lowest BCUT2D eigenvalue weighted by Gasteiger charge is -2.13. The van der Waals surface area contributed by atoms with E-state index >= 15 is 0 Å². The van der Waals surface area contributed by atoms with Gasteiger partial charge in [0.1, 0.15) is 0 Å². The Labute approximate surface area is 126 Å². The Balaban J connectivity index is 2.06. The van der Waals surface area contributed by atoms with Crippen LogP contribution in [0.2, 0.25) is 0 Å². The molecule has 3 N–H and O–H groups in total. The van der Waals surface area contributed by atoms with E-state index in [1.165, 1.54) is 0 Å². The third kappa shape index (κ3) is 4.26. The molecule has 1 aromatic rings. The van der Waals surface area contributed by atoms with Crippen LogP contribution in [0.5, 0.6) is 0 Å². The first kappa shape index (κ1) is 16.4. The molecular weight excluding hydrogens is 288 g/mol. The molecule has 5 nitrogen and oxygen atoms in total. The smallest absolute Gasteiger partial charge is 0.240 e. The summed E-state index contributed by atoms with van der Waals surface area (Å²) >= 11 is 0. The maximum Gasteiger partial charge on any atom is 0.240 e. The molecule has 0 amide bonds. The van der Waals surface area contributed by atoms with E-state index < -0.39 is 10.0 Å². The normalized spacial score (nSPS) is 19.0. The molecule has 1 saturated heterocycles. The van der Waals surface area contributed by atoms with E-state index in [9.17, 15) is 8.42 Å². The zero-order chi connectivity index (χ0) is 15.3. The molecule has 118 valence electrons. The summed E-state index contributed by atoms with van der Waals surface area (Å²) in [6.45, 7) is 4.27. The van der Waals surface area contributed by atoms with Gasteiger partial charge in [0.25, 0.3) is 0 Å². The van der Waals surface area contributed by atoms with E-state index in [2.05, 4.69) is 4.72 Å². The molecule has 1 unspecified atom stereocenters. The third-order valence-corrected chi connectivity index (χ3v) is 5.45. The molecule has 6 heteroatoms. The number of hydrogen-bond acceptors (Lipinski definition) is 4. The molecule has 1 heterocycles. The third-order valence-electron chi connectivity index (χ3n) is 3.91. The number of rotatable bonds is 7. The number of hydrogen-bond donors (Lipinski definition) is 2. The van der Waals surface area contributed by atoms with Crippen molar-refractivity contribution in [2.24, 2.45) is 11.7 Å². The highest BCUT2D eigenvalue weighted by Crippen LogP contribution is 2.19. The number of nitrogens with two attached hydrogens (primary N) is 1. The fourth-order valence-corrected chi connectivity index (χ4v) is 3.96. The standard InChI is InChI=1S/C15H24N2O3S/c1-2-14-4-3-13(10-16)9-15(14)21(18,19)17-7-5-12-6-8-20-11-12/h3-4,9,12,17H,2,5-8,10-11,16H2,1H3. The quantitative estimate of drug-likeness (QED) is 0.797. The first-order valence-electron chi connectivity index (χ1n) is 7.46. The summed E-state index contributed by atoms with van der Waals surface area (Å²) in [7, 11) is -3.47. The van der Waals surface area contributed by atoms with Crippen LogP contribution in [0.25, 0.3) is 0 Å². The Morgan fingerprint density at radius 2 is 2.24 bits per heavy atom. The summed E-state index contributed by atoms with van der Waals surface area (Å²) in [6.07, 6.45) is 2.51. The molecule has 0 spiro atoms. The molecule has 1 aliphatic rings. The number of sulfonamides is 1. The second kappa shape index (κ2) is 7.35. The summed E-state index contributed by atoms with van der Waals surface area (Å²) in [6, 6.07) is 5.41. The Kier molecular flexibility index (Phi) is 5.75. The van der Waals surface area contributed by atoms with Crippen LogP contribution in [0, 0.1) is 5.92 Å². The van der Waals surface area contributed by atoms with E-state index in [1.807, 2.05) is 19.1 Å². The molecule has 21 heavy (non-hydrogen) atoms. The second-order valence-electron chi connectivity index (χ2n) is 5.42. The fraction of sp³-hybridized carbons (Fsp3) is 0.600. The van der Waals surface area contributed by atoms with Crippen molar-refractivity contribution in [3.63, 3.8) is 0 Å². The Morgan fingerprint density at radius 1 is 1.43 bits per heavy atom. The maximum absolute atomic E-state index is 12.5. The minimum absolute atomic E-state index is 0.339. The topological polar surface area (TPSA) is 81.4 Å². The average Bonchev–Trinajstić information content (AvgIpc) is 2.99. The van der Waals surface area contributed by atoms with E-state index in [4.69, 9.17) is 10.5 Å². The van der Waals surface area contributed by atoms with Gasteiger partial charge in [0.15, 0.2) is 0 Å². The monoisotopic (exact) mass is 312 g/mol. The van der Waals surface area contributed by atoms with Crippen LogP contribution >= 0.6 is 0 Å². The van der Waals surface area contributed by atoms with Crippen LogP contribution in [-0.2, 0) is 27.7 Å². The lowest BCUT2D eigenvalue weighted by molar-refractivity contribution is 0.184. The van der Waals surface area contributed by atoms with Gasteiger partial charge in [-0.2, -0.15) is 0 Å². The van der Waals surface area contributed by atoms with Gasteiger partial charge in [-0.1, -0.05) is 19.1 Å². The summed E-state index contributed by atoms with van der Waals surface area (Å²) < 4.78 is 32.9. The Hall–Kier alpha value is -0.950. The van der Waals surface area contributed by atoms with Crippen LogP contribution in [0.4, 0.5) is 0 Å². The van der Waals surface area contributed by atoms with E-state index in [-0.39, 0.29) is 0 Å². The fourth-order valence-electron chi connectivity index (χ4n) is 2.55. The van der Waals surface area contributed by atoms with Gasteiger partial charge in [0, 0.05) is 26.3 Å². The summed E-state index contributed by atoms with van der Waals surface area (Å²) in [5.74, 6) is 0.466. The highest BCUT2D eigenvalue weighted by atomic mass is 32.2. The zero-order valence-electron chi connectivity index (χ0n) is 12.5. The molecule has 0 aliphatic carbocycles. The predicted octanol–water partition coefficient (Wildman–Crippen LogP) is 1.41. The van der Waals surface area contributed by atoms with E-state index in [0.29, 0.717) is 30.3 Å². The number of ether oxygens (including phenoxy) is 1. The molecule has 1 aromatic carbocycles. The van der Waals surface area contributed by atoms with Crippen LogP contribution in [-0.4, -0.2) is 28.2 Å². The van der Waals surface area contributed by atoms with Gasteiger partial charge in [-0.25, -0.2) is 13.1 Å². The summed E-state index contributed by atoms with van der Waals surface area (Å²) in [4.78, 5) is 0.357. The van der Waals surface area contributed by atoms with Crippen molar-refractivity contribution in [3.05, 3.63) is 29.3 Å². The van der Waals surface area contributed by atoms with Gasteiger partial charge < -0.3 is 10.5 Å². The molecule has 0 aromatic heterocycles. The van der Waals surface area contributed by atoms with Gasteiger partial charge in [0.2, 0.25) is 10.0 Å². The lowest BCUT2D eigenvalue weighted by Crippen LogP contribution is -2.27. The van der Waals surface area contributed by atoms with Gasteiger partial charge in [0.05, 0.1) is 4.90 Å². The minimum Gasteiger partial charge on any atom is -0.381 e. The average molecular weight is 312 g/mol. The molecule has 0 saturated carbocycles. The molecule has 1 aliphatic heterocycles. The van der Waals surface area contributed by atoms with Crippen molar-refractivity contribution in [2.45, 2.75) is 37.6 Å². The van der Waals surface area contributed by atoms with Crippen molar-refractivity contribution >= 4 is 10.0 Å². The van der Waals surface area contributed by atoms with E-state index in [1.54, 1.807) is 6.07 Å². The molecule has 2 rings (SSSR count). The number of benzene rings is 1. The van der Waals surface area contributed by atoms with Crippen molar-refractivity contribution in [3.8, 4) is 0 Å². The molecule has 0 radical (unpaired) electrons. The number of aryl methyl sites for hydroxylation is 1. The van der Waals surface area contributed by atoms with Crippen molar-refractivity contribution in [1.82, 2.24) is 4.72 Å². The predicted molar refractivity (Wildman–Crippen MR) is 82.4 cm³/mol. The first-order chi connectivity index (χ1) is 10.1.